The largest absolute Gasteiger partial charge is 0.447 e. The predicted octanol–water partition coefficient (Wildman–Crippen LogP) is 2.49. The number of allylic oxidation sites excluding steroid dienone is 4. The summed E-state index contributed by atoms with van der Waals surface area (Å²) in [5.74, 6) is -2.93. The van der Waals surface area contributed by atoms with Crippen LogP contribution in [0.2, 0.25) is 0 Å². The molecule has 4 unspecified atom stereocenters. The van der Waals surface area contributed by atoms with E-state index >= 15 is 4.39 Å². The summed E-state index contributed by atoms with van der Waals surface area (Å²) in [7, 11) is 0. The Hall–Kier alpha value is -2.12. The molecule has 0 saturated heterocycles. The number of aliphatic hydroxyl groups excluding tert-OH is 2. The van der Waals surface area contributed by atoms with E-state index in [1.165, 1.54) is 12.2 Å². The molecule has 9 atom stereocenters. The van der Waals surface area contributed by atoms with Gasteiger partial charge in [0.2, 0.25) is 5.78 Å². The third kappa shape index (κ3) is 2.80. The molecule has 0 aromatic carbocycles. The van der Waals surface area contributed by atoms with Crippen molar-refractivity contribution in [1.29, 1.82) is 0 Å². The molecule has 3 fully saturated rings. The van der Waals surface area contributed by atoms with Crippen LogP contribution >= 0.6 is 0 Å². The van der Waals surface area contributed by atoms with Crippen LogP contribution in [-0.4, -0.2) is 52.2 Å². The Morgan fingerprint density at radius 3 is 2.66 bits per heavy atom. The number of Topliss-reactive ketones (excluding diaryl/α,β-unsaturated/α-hetero) is 1. The summed E-state index contributed by atoms with van der Waals surface area (Å²) < 4.78 is 21.2. The molecule has 7 heteroatoms. The van der Waals surface area contributed by atoms with E-state index in [4.69, 9.17) is 4.74 Å². The van der Waals surface area contributed by atoms with Crippen molar-refractivity contribution < 1.29 is 33.7 Å². The SMILES string of the molecule is C=CC(=O)O[C@]1(C(=O)CO)[C@H](C)CC2C3C[C@H](F)C4=CC(=O)C=C[C@]4(C)C3C(O)C[C@@]21C. The zero-order valence-corrected chi connectivity index (χ0v) is 18.7. The first kappa shape index (κ1) is 23.1. The second-order valence-corrected chi connectivity index (χ2v) is 10.4. The normalized spacial score (nSPS) is 47.1. The lowest BCUT2D eigenvalue weighted by atomic mass is 9.46. The number of ether oxygens (including phenoxy) is 1. The number of carbonyl (C=O) groups is 3. The zero-order valence-electron chi connectivity index (χ0n) is 18.7. The smallest absolute Gasteiger partial charge is 0.331 e. The van der Waals surface area contributed by atoms with Gasteiger partial charge in [-0.15, -0.1) is 0 Å². The maximum Gasteiger partial charge on any atom is 0.331 e. The van der Waals surface area contributed by atoms with Gasteiger partial charge in [0.25, 0.3) is 0 Å². The topological polar surface area (TPSA) is 101 Å². The number of halogens is 1. The van der Waals surface area contributed by atoms with E-state index in [1.54, 1.807) is 13.0 Å². The Morgan fingerprint density at radius 2 is 2.03 bits per heavy atom. The second-order valence-electron chi connectivity index (χ2n) is 10.4. The summed E-state index contributed by atoms with van der Waals surface area (Å²) in [5.41, 5.74) is -3.04. The number of hydrogen-bond acceptors (Lipinski definition) is 6. The molecule has 32 heavy (non-hydrogen) atoms. The first-order valence-corrected chi connectivity index (χ1v) is 11.2. The minimum atomic E-state index is -1.63. The van der Waals surface area contributed by atoms with Crippen LogP contribution in [0.3, 0.4) is 0 Å². The van der Waals surface area contributed by atoms with Gasteiger partial charge in [0.15, 0.2) is 11.4 Å². The fourth-order valence-electron chi connectivity index (χ4n) is 7.84. The van der Waals surface area contributed by atoms with Gasteiger partial charge in [-0.3, -0.25) is 9.59 Å². The lowest BCUT2D eigenvalue weighted by molar-refractivity contribution is -0.203. The van der Waals surface area contributed by atoms with Crippen LogP contribution < -0.4 is 0 Å². The summed E-state index contributed by atoms with van der Waals surface area (Å²) in [6, 6.07) is 0. The van der Waals surface area contributed by atoms with Crippen LogP contribution in [0.25, 0.3) is 0 Å². The monoisotopic (exact) mass is 446 g/mol. The number of ketones is 2. The van der Waals surface area contributed by atoms with E-state index in [2.05, 4.69) is 6.58 Å². The number of esters is 1. The quantitative estimate of drug-likeness (QED) is 0.508. The molecule has 0 aromatic heterocycles. The van der Waals surface area contributed by atoms with Gasteiger partial charge in [-0.1, -0.05) is 33.4 Å². The average Bonchev–Trinajstić information content (AvgIpc) is 2.95. The average molecular weight is 447 g/mol. The molecule has 0 radical (unpaired) electrons. The fraction of sp³-hybridized carbons (Fsp3) is 0.640. The molecule has 0 bridgehead atoms. The molecule has 2 N–H and O–H groups in total. The minimum absolute atomic E-state index is 0.121. The van der Waals surface area contributed by atoms with Crippen molar-refractivity contribution in [3.8, 4) is 0 Å². The molecular formula is C25H31FO6. The standard InChI is InChI=1S/C25H31FO6/c1-5-21(31)32-25(20(30)12-27)13(2)8-16-15-10-18(26)17-9-14(28)6-7-23(17,3)22(15)19(29)11-24(16,25)4/h5-7,9,13,15-16,18-19,22,27,29H,1,8,10-12H2,2-4H3/t13-,15?,16?,18+,19?,22?,23+,24+,25+/m1/s1. The number of alkyl halides is 1. The summed E-state index contributed by atoms with van der Waals surface area (Å²) in [6.45, 7) is 8.10. The number of aliphatic hydroxyl groups is 2. The molecule has 4 aliphatic rings. The van der Waals surface area contributed by atoms with Gasteiger partial charge in [0, 0.05) is 28.7 Å². The number of hydrogen-bond donors (Lipinski definition) is 2. The highest BCUT2D eigenvalue weighted by atomic mass is 19.1. The van der Waals surface area contributed by atoms with Crippen LogP contribution in [0.1, 0.15) is 40.0 Å². The van der Waals surface area contributed by atoms with Gasteiger partial charge in [-0.25, -0.2) is 9.18 Å². The Morgan fingerprint density at radius 1 is 1.34 bits per heavy atom. The van der Waals surface area contributed by atoms with E-state index in [0.717, 1.165) is 6.08 Å². The van der Waals surface area contributed by atoms with Crippen molar-refractivity contribution in [2.45, 2.75) is 57.9 Å². The molecule has 0 spiro atoms. The highest BCUT2D eigenvalue weighted by Crippen LogP contribution is 2.69. The summed E-state index contributed by atoms with van der Waals surface area (Å²) in [5, 5.41) is 21.2. The number of carbonyl (C=O) groups excluding carboxylic acids is 3. The molecule has 4 rings (SSSR count). The van der Waals surface area contributed by atoms with Gasteiger partial charge in [-0.05, 0) is 48.8 Å². The molecular weight excluding hydrogens is 415 g/mol. The molecule has 0 heterocycles. The number of fused-ring (bicyclic) bond motifs is 5. The van der Waals surface area contributed by atoms with Crippen molar-refractivity contribution in [3.05, 3.63) is 36.5 Å². The van der Waals surface area contributed by atoms with E-state index in [-0.39, 0.29) is 36.4 Å². The zero-order chi connectivity index (χ0) is 23.6. The van der Waals surface area contributed by atoms with Gasteiger partial charge in [0.1, 0.15) is 12.8 Å². The Balaban J connectivity index is 1.84. The van der Waals surface area contributed by atoms with Gasteiger partial charge < -0.3 is 14.9 Å². The maximum absolute atomic E-state index is 15.5. The number of rotatable bonds is 4. The van der Waals surface area contributed by atoms with Crippen LogP contribution in [0.15, 0.2) is 36.5 Å². The Bertz CT molecular complexity index is 939. The third-order valence-electron chi connectivity index (χ3n) is 9.00. The summed E-state index contributed by atoms with van der Waals surface area (Å²) >= 11 is 0. The first-order valence-electron chi connectivity index (χ1n) is 11.2. The molecule has 4 aliphatic carbocycles. The van der Waals surface area contributed by atoms with Crippen LogP contribution in [0.5, 0.6) is 0 Å². The van der Waals surface area contributed by atoms with Crippen LogP contribution in [-0.2, 0) is 19.1 Å². The van der Waals surface area contributed by atoms with Crippen molar-refractivity contribution in [2.24, 2.45) is 34.5 Å². The van der Waals surface area contributed by atoms with Crippen LogP contribution in [0, 0.1) is 34.5 Å². The van der Waals surface area contributed by atoms with Crippen molar-refractivity contribution in [2.75, 3.05) is 6.61 Å². The van der Waals surface area contributed by atoms with Gasteiger partial charge in [0.05, 0.1) is 6.10 Å². The third-order valence-corrected chi connectivity index (χ3v) is 9.00. The molecule has 174 valence electrons. The Labute approximate surface area is 187 Å². The molecule has 0 amide bonds. The van der Waals surface area contributed by atoms with Crippen molar-refractivity contribution in [1.82, 2.24) is 0 Å². The maximum atomic E-state index is 15.5. The second kappa shape index (κ2) is 7.45. The predicted molar refractivity (Wildman–Crippen MR) is 114 cm³/mol. The molecule has 0 aromatic rings. The van der Waals surface area contributed by atoms with Crippen molar-refractivity contribution >= 4 is 17.5 Å². The molecule has 3 saturated carbocycles. The fourth-order valence-corrected chi connectivity index (χ4v) is 7.84. The van der Waals surface area contributed by atoms with Crippen LogP contribution in [0.4, 0.5) is 4.39 Å². The van der Waals surface area contributed by atoms with E-state index < -0.39 is 53.0 Å². The summed E-state index contributed by atoms with van der Waals surface area (Å²) in [4.78, 5) is 37.4. The minimum Gasteiger partial charge on any atom is -0.447 e. The molecule has 0 aliphatic heterocycles. The van der Waals surface area contributed by atoms with E-state index in [9.17, 15) is 24.6 Å². The Kier molecular flexibility index (Phi) is 5.37. The van der Waals surface area contributed by atoms with Crippen molar-refractivity contribution in [3.63, 3.8) is 0 Å². The summed E-state index contributed by atoms with van der Waals surface area (Å²) in [6.07, 6.45) is 3.98. The van der Waals surface area contributed by atoms with Gasteiger partial charge in [-0.2, -0.15) is 0 Å². The highest BCUT2D eigenvalue weighted by Gasteiger charge is 2.73. The van der Waals surface area contributed by atoms with Gasteiger partial charge >= 0.3 is 5.97 Å². The first-order chi connectivity index (χ1) is 15.0. The highest BCUT2D eigenvalue weighted by molar-refractivity contribution is 6.01. The van der Waals surface area contributed by atoms with E-state index in [0.29, 0.717) is 12.0 Å². The lowest BCUT2D eigenvalue weighted by Crippen LogP contribution is -2.64. The lowest BCUT2D eigenvalue weighted by Gasteiger charge is -2.60. The molecule has 6 nitrogen and oxygen atoms in total. The van der Waals surface area contributed by atoms with E-state index in [1.807, 2.05) is 13.8 Å².